The molecule has 0 unspecified atom stereocenters. The lowest BCUT2D eigenvalue weighted by molar-refractivity contribution is 0.389. The standard InChI is InChI=1S/C20H33N/c1-6-19-16-18(13-14-20(19)17(2)3)12-10-8-7-9-11-15-21(4)5/h13-14,16H,2,6-12,15H2,1,3-5H3. The molecule has 1 heteroatoms. The van der Waals surface area contributed by atoms with Gasteiger partial charge in [0.15, 0.2) is 0 Å². The van der Waals surface area contributed by atoms with Crippen molar-refractivity contribution in [3.05, 3.63) is 41.5 Å². The number of benzene rings is 1. The average Bonchev–Trinajstić information content (AvgIpc) is 2.45. The van der Waals surface area contributed by atoms with Crippen LogP contribution < -0.4 is 0 Å². The molecule has 1 rings (SSSR count). The summed E-state index contributed by atoms with van der Waals surface area (Å²) in [6.07, 6.45) is 9.07. The third-order valence-corrected chi connectivity index (χ3v) is 4.08. The highest BCUT2D eigenvalue weighted by atomic mass is 15.0. The monoisotopic (exact) mass is 287 g/mol. The van der Waals surface area contributed by atoms with Crippen LogP contribution in [0.4, 0.5) is 0 Å². The fraction of sp³-hybridized carbons (Fsp3) is 0.600. The van der Waals surface area contributed by atoms with Crippen LogP contribution in [0.25, 0.3) is 5.57 Å². The number of nitrogens with zero attached hydrogens (tertiary/aromatic N) is 1. The van der Waals surface area contributed by atoms with E-state index in [1.807, 2.05) is 0 Å². The summed E-state index contributed by atoms with van der Waals surface area (Å²) in [5, 5.41) is 0. The molecule has 0 heterocycles. The van der Waals surface area contributed by atoms with Crippen molar-refractivity contribution in [1.82, 2.24) is 4.90 Å². The van der Waals surface area contributed by atoms with Gasteiger partial charge in [-0.15, -0.1) is 0 Å². The Morgan fingerprint density at radius 1 is 1.05 bits per heavy atom. The van der Waals surface area contributed by atoms with Gasteiger partial charge in [0.25, 0.3) is 0 Å². The Kier molecular flexibility index (Phi) is 8.37. The van der Waals surface area contributed by atoms with E-state index in [1.165, 1.54) is 67.3 Å². The molecule has 0 spiro atoms. The predicted molar refractivity (Wildman–Crippen MR) is 95.9 cm³/mol. The SMILES string of the molecule is C=C(C)c1ccc(CCCCCCCN(C)C)cc1CC. The molecule has 0 aliphatic rings. The molecule has 0 atom stereocenters. The summed E-state index contributed by atoms with van der Waals surface area (Å²) in [4.78, 5) is 2.27. The van der Waals surface area contributed by atoms with Gasteiger partial charge in [-0.3, -0.25) is 0 Å². The molecule has 118 valence electrons. The Hall–Kier alpha value is -1.08. The fourth-order valence-corrected chi connectivity index (χ4v) is 2.80. The van der Waals surface area contributed by atoms with Gasteiger partial charge in [-0.1, -0.05) is 56.5 Å². The van der Waals surface area contributed by atoms with E-state index in [2.05, 4.69) is 57.6 Å². The topological polar surface area (TPSA) is 3.24 Å². The molecule has 1 aromatic rings. The van der Waals surface area contributed by atoms with E-state index in [1.54, 1.807) is 0 Å². The predicted octanol–water partition coefficient (Wildman–Crippen LogP) is 5.34. The summed E-state index contributed by atoms with van der Waals surface area (Å²) in [5.41, 5.74) is 5.46. The largest absolute Gasteiger partial charge is 0.309 e. The maximum absolute atomic E-state index is 4.08. The van der Waals surface area contributed by atoms with Crippen molar-refractivity contribution >= 4 is 5.57 Å². The van der Waals surface area contributed by atoms with Crippen molar-refractivity contribution in [2.45, 2.75) is 58.8 Å². The second-order valence-corrected chi connectivity index (χ2v) is 6.45. The van der Waals surface area contributed by atoms with E-state index >= 15 is 0 Å². The molecule has 0 aromatic heterocycles. The van der Waals surface area contributed by atoms with E-state index in [9.17, 15) is 0 Å². The van der Waals surface area contributed by atoms with Crippen LogP contribution in [0.2, 0.25) is 0 Å². The Morgan fingerprint density at radius 3 is 2.33 bits per heavy atom. The van der Waals surface area contributed by atoms with Crippen LogP contribution in [-0.2, 0) is 12.8 Å². The number of hydrogen-bond donors (Lipinski definition) is 0. The van der Waals surface area contributed by atoms with Gasteiger partial charge in [0.2, 0.25) is 0 Å². The molecule has 0 saturated heterocycles. The Balaban J connectivity index is 2.31. The molecule has 0 saturated carbocycles. The lowest BCUT2D eigenvalue weighted by Crippen LogP contribution is -2.12. The van der Waals surface area contributed by atoms with Crippen LogP contribution in [0.5, 0.6) is 0 Å². The minimum atomic E-state index is 1.10. The quantitative estimate of drug-likeness (QED) is 0.525. The van der Waals surface area contributed by atoms with Crippen molar-refractivity contribution in [2.75, 3.05) is 20.6 Å². The third kappa shape index (κ3) is 6.95. The zero-order valence-corrected chi connectivity index (χ0v) is 14.5. The highest BCUT2D eigenvalue weighted by Crippen LogP contribution is 2.21. The first-order valence-electron chi connectivity index (χ1n) is 8.47. The zero-order chi connectivity index (χ0) is 15.7. The lowest BCUT2D eigenvalue weighted by atomic mass is 9.95. The van der Waals surface area contributed by atoms with Gasteiger partial charge in [0.1, 0.15) is 0 Å². The van der Waals surface area contributed by atoms with Crippen molar-refractivity contribution in [3.8, 4) is 0 Å². The van der Waals surface area contributed by atoms with E-state index in [0.29, 0.717) is 0 Å². The molecular weight excluding hydrogens is 254 g/mol. The first-order chi connectivity index (χ1) is 10.0. The zero-order valence-electron chi connectivity index (χ0n) is 14.5. The van der Waals surface area contributed by atoms with Crippen molar-refractivity contribution in [3.63, 3.8) is 0 Å². The normalized spacial score (nSPS) is 11.1. The first-order valence-corrected chi connectivity index (χ1v) is 8.47. The van der Waals surface area contributed by atoms with E-state index < -0.39 is 0 Å². The van der Waals surface area contributed by atoms with Gasteiger partial charge in [-0.05, 0) is 69.9 Å². The Bertz CT molecular complexity index is 431. The highest BCUT2D eigenvalue weighted by Gasteiger charge is 2.03. The van der Waals surface area contributed by atoms with Gasteiger partial charge >= 0.3 is 0 Å². The summed E-state index contributed by atoms with van der Waals surface area (Å²) < 4.78 is 0. The number of allylic oxidation sites excluding steroid dienone is 1. The molecule has 0 amide bonds. The number of rotatable bonds is 10. The molecule has 0 aliphatic carbocycles. The van der Waals surface area contributed by atoms with Crippen LogP contribution in [0.15, 0.2) is 24.8 Å². The average molecular weight is 287 g/mol. The summed E-state index contributed by atoms with van der Waals surface area (Å²) >= 11 is 0. The molecule has 0 bridgehead atoms. The van der Waals surface area contributed by atoms with Gasteiger partial charge in [0, 0.05) is 0 Å². The molecule has 1 aromatic carbocycles. The minimum absolute atomic E-state index is 1.10. The molecule has 1 nitrogen and oxygen atoms in total. The molecule has 0 radical (unpaired) electrons. The van der Waals surface area contributed by atoms with Crippen LogP contribution in [0, 0.1) is 0 Å². The summed E-state index contributed by atoms with van der Waals surface area (Å²) in [5.74, 6) is 0. The number of unbranched alkanes of at least 4 members (excludes halogenated alkanes) is 4. The van der Waals surface area contributed by atoms with Crippen LogP contribution in [-0.4, -0.2) is 25.5 Å². The maximum atomic E-state index is 4.08. The summed E-state index contributed by atoms with van der Waals surface area (Å²) in [6, 6.07) is 6.93. The van der Waals surface area contributed by atoms with Crippen molar-refractivity contribution in [2.24, 2.45) is 0 Å². The van der Waals surface area contributed by atoms with Crippen LogP contribution in [0.1, 0.15) is 62.6 Å². The lowest BCUT2D eigenvalue weighted by Gasteiger charge is -2.11. The summed E-state index contributed by atoms with van der Waals surface area (Å²) in [6.45, 7) is 9.63. The number of hydrogen-bond acceptors (Lipinski definition) is 1. The van der Waals surface area contributed by atoms with E-state index in [0.717, 1.165) is 6.42 Å². The van der Waals surface area contributed by atoms with Gasteiger partial charge in [0.05, 0.1) is 0 Å². The Labute approximate surface area is 132 Å². The molecular formula is C20H33N. The van der Waals surface area contributed by atoms with Crippen LogP contribution >= 0.6 is 0 Å². The van der Waals surface area contributed by atoms with E-state index in [4.69, 9.17) is 0 Å². The van der Waals surface area contributed by atoms with Crippen molar-refractivity contribution in [1.29, 1.82) is 0 Å². The highest BCUT2D eigenvalue weighted by molar-refractivity contribution is 5.65. The van der Waals surface area contributed by atoms with E-state index in [-0.39, 0.29) is 0 Å². The molecule has 0 aliphatic heterocycles. The van der Waals surface area contributed by atoms with Gasteiger partial charge in [-0.2, -0.15) is 0 Å². The van der Waals surface area contributed by atoms with Crippen molar-refractivity contribution < 1.29 is 0 Å². The second-order valence-electron chi connectivity index (χ2n) is 6.45. The van der Waals surface area contributed by atoms with Gasteiger partial charge < -0.3 is 4.90 Å². The number of aryl methyl sites for hydroxylation is 2. The third-order valence-electron chi connectivity index (χ3n) is 4.08. The summed E-state index contributed by atoms with van der Waals surface area (Å²) in [7, 11) is 4.31. The first kappa shape index (κ1) is 18.0. The molecule has 0 fully saturated rings. The molecule has 0 N–H and O–H groups in total. The maximum Gasteiger partial charge on any atom is -0.00248 e. The fourth-order valence-electron chi connectivity index (χ4n) is 2.80. The Morgan fingerprint density at radius 2 is 1.71 bits per heavy atom. The smallest absolute Gasteiger partial charge is 0.00248 e. The van der Waals surface area contributed by atoms with Crippen LogP contribution in [0.3, 0.4) is 0 Å². The minimum Gasteiger partial charge on any atom is -0.309 e. The van der Waals surface area contributed by atoms with Gasteiger partial charge in [-0.25, -0.2) is 0 Å². The second kappa shape index (κ2) is 9.78. The molecule has 21 heavy (non-hydrogen) atoms.